The Hall–Kier alpha value is -0.400. The van der Waals surface area contributed by atoms with Crippen LogP contribution in [0.15, 0.2) is 0 Å². The summed E-state index contributed by atoms with van der Waals surface area (Å²) in [4.78, 5) is 10.4. The first-order chi connectivity index (χ1) is 4.42. The molecule has 0 fully saturated rings. The van der Waals surface area contributed by atoms with E-state index in [9.17, 15) is 9.18 Å². The first kappa shape index (κ1) is 9.60. The van der Waals surface area contributed by atoms with E-state index < -0.39 is 5.67 Å². The van der Waals surface area contributed by atoms with Crippen molar-refractivity contribution < 1.29 is 9.18 Å². The molecule has 0 aliphatic carbocycles. The van der Waals surface area contributed by atoms with Gasteiger partial charge in [0.1, 0.15) is 11.5 Å². The summed E-state index contributed by atoms with van der Waals surface area (Å²) in [5.74, 6) is 0.143. The van der Waals surface area contributed by atoms with Crippen LogP contribution in [0, 0.1) is 0 Å². The lowest BCUT2D eigenvalue weighted by Crippen LogP contribution is -2.11. The van der Waals surface area contributed by atoms with E-state index in [1.807, 2.05) is 0 Å². The minimum Gasteiger partial charge on any atom is -0.300 e. The molecule has 0 saturated heterocycles. The van der Waals surface area contributed by atoms with Crippen molar-refractivity contribution in [3.63, 3.8) is 0 Å². The third-order valence-electron chi connectivity index (χ3n) is 1.30. The average Bonchev–Trinajstić information content (AvgIpc) is 1.59. The number of hydrogen-bond donors (Lipinski definition) is 0. The maximum atomic E-state index is 12.7. The highest BCUT2D eigenvalue weighted by molar-refractivity contribution is 5.75. The lowest BCUT2D eigenvalue weighted by molar-refractivity contribution is -0.117. The number of ketones is 1. The van der Waals surface area contributed by atoms with Crippen LogP contribution in [0.1, 0.15) is 40.0 Å². The second kappa shape index (κ2) is 3.69. The van der Waals surface area contributed by atoms with Gasteiger partial charge in [0, 0.05) is 6.42 Å². The molecule has 0 rings (SSSR count). The van der Waals surface area contributed by atoms with Gasteiger partial charge in [0.25, 0.3) is 0 Å². The Bertz CT molecular complexity index is 113. The Morgan fingerprint density at radius 1 is 1.50 bits per heavy atom. The molecule has 0 aromatic rings. The van der Waals surface area contributed by atoms with Crippen LogP contribution in [-0.2, 0) is 4.79 Å². The number of carbonyl (C=O) groups excluding carboxylic acids is 1. The maximum Gasteiger partial charge on any atom is 0.129 e. The van der Waals surface area contributed by atoms with Gasteiger partial charge in [0.2, 0.25) is 0 Å². The van der Waals surface area contributed by atoms with Crippen molar-refractivity contribution in [3.8, 4) is 0 Å². The fourth-order valence-corrected chi connectivity index (χ4v) is 0.758. The van der Waals surface area contributed by atoms with Crippen LogP contribution in [0.2, 0.25) is 0 Å². The van der Waals surface area contributed by atoms with Gasteiger partial charge in [-0.3, -0.25) is 0 Å². The molecule has 0 saturated carbocycles. The van der Waals surface area contributed by atoms with Gasteiger partial charge >= 0.3 is 0 Å². The largest absolute Gasteiger partial charge is 0.300 e. The van der Waals surface area contributed by atoms with Gasteiger partial charge in [-0.1, -0.05) is 0 Å². The van der Waals surface area contributed by atoms with Gasteiger partial charge in [-0.25, -0.2) is 4.39 Å². The first-order valence-electron chi connectivity index (χ1n) is 3.60. The second-order valence-corrected chi connectivity index (χ2v) is 3.27. The Morgan fingerprint density at radius 2 is 2.00 bits per heavy atom. The number of rotatable bonds is 4. The van der Waals surface area contributed by atoms with Crippen molar-refractivity contribution in [2.24, 2.45) is 0 Å². The third kappa shape index (κ3) is 7.60. The zero-order valence-corrected chi connectivity index (χ0v) is 6.91. The van der Waals surface area contributed by atoms with Gasteiger partial charge in [-0.2, -0.15) is 0 Å². The molecule has 0 radical (unpaired) electrons. The lowest BCUT2D eigenvalue weighted by Gasteiger charge is -2.11. The van der Waals surface area contributed by atoms with Crippen molar-refractivity contribution in [1.29, 1.82) is 0 Å². The Morgan fingerprint density at radius 3 is 2.30 bits per heavy atom. The number of alkyl halides is 1. The summed E-state index contributed by atoms with van der Waals surface area (Å²) in [7, 11) is 0. The molecule has 2 heteroatoms. The van der Waals surface area contributed by atoms with E-state index in [-0.39, 0.29) is 5.78 Å². The van der Waals surface area contributed by atoms with Crippen molar-refractivity contribution in [2.45, 2.75) is 45.7 Å². The van der Waals surface area contributed by atoms with Gasteiger partial charge in [0.15, 0.2) is 0 Å². The molecule has 0 bridgehead atoms. The minimum absolute atomic E-state index is 0.143. The fraction of sp³-hybridized carbons (Fsp3) is 0.875. The second-order valence-electron chi connectivity index (χ2n) is 3.27. The molecule has 0 aliphatic heterocycles. The highest BCUT2D eigenvalue weighted by Crippen LogP contribution is 2.16. The maximum absolute atomic E-state index is 12.7. The number of halogens is 1. The summed E-state index contributed by atoms with van der Waals surface area (Å²) in [5, 5.41) is 0. The Labute approximate surface area is 61.6 Å². The molecule has 60 valence electrons. The molecule has 0 aromatic carbocycles. The summed E-state index contributed by atoms with van der Waals surface area (Å²) in [6, 6.07) is 0. The van der Waals surface area contributed by atoms with Crippen LogP contribution in [0.4, 0.5) is 4.39 Å². The van der Waals surface area contributed by atoms with E-state index in [4.69, 9.17) is 0 Å². The summed E-state index contributed by atoms with van der Waals surface area (Å²) in [6.07, 6.45) is 1.65. The SMILES string of the molecule is CC(=O)CCCC(C)(C)F. The van der Waals surface area contributed by atoms with E-state index in [2.05, 4.69) is 0 Å². The van der Waals surface area contributed by atoms with Gasteiger partial charge in [-0.15, -0.1) is 0 Å². The van der Waals surface area contributed by atoms with Crippen molar-refractivity contribution in [2.75, 3.05) is 0 Å². The molecule has 10 heavy (non-hydrogen) atoms. The van der Waals surface area contributed by atoms with Crippen molar-refractivity contribution in [1.82, 2.24) is 0 Å². The number of carbonyl (C=O) groups is 1. The summed E-state index contributed by atoms with van der Waals surface area (Å²) < 4.78 is 12.7. The molecule has 0 N–H and O–H groups in total. The van der Waals surface area contributed by atoms with Gasteiger partial charge in [-0.05, 0) is 33.6 Å². The molecule has 0 atom stereocenters. The van der Waals surface area contributed by atoms with Crippen LogP contribution in [0.5, 0.6) is 0 Å². The third-order valence-corrected chi connectivity index (χ3v) is 1.30. The molecule has 0 amide bonds. The van der Waals surface area contributed by atoms with Gasteiger partial charge in [0.05, 0.1) is 0 Å². The predicted molar refractivity (Wildman–Crippen MR) is 39.7 cm³/mol. The normalized spacial score (nSPS) is 11.6. The highest BCUT2D eigenvalue weighted by atomic mass is 19.1. The Balaban J connectivity index is 3.29. The first-order valence-corrected chi connectivity index (χ1v) is 3.60. The molecule has 0 aliphatic rings. The quantitative estimate of drug-likeness (QED) is 0.595. The van der Waals surface area contributed by atoms with Crippen molar-refractivity contribution >= 4 is 5.78 Å². The van der Waals surface area contributed by atoms with Crippen LogP contribution in [0.25, 0.3) is 0 Å². The minimum atomic E-state index is -1.12. The summed E-state index contributed by atoms with van der Waals surface area (Å²) in [5.41, 5.74) is -1.12. The average molecular weight is 146 g/mol. The topological polar surface area (TPSA) is 17.1 Å². The number of hydrogen-bond acceptors (Lipinski definition) is 1. The van der Waals surface area contributed by atoms with Gasteiger partial charge < -0.3 is 4.79 Å². The van der Waals surface area contributed by atoms with Crippen LogP contribution in [-0.4, -0.2) is 11.5 Å². The zero-order chi connectivity index (χ0) is 8.20. The highest BCUT2D eigenvalue weighted by Gasteiger charge is 2.14. The fourth-order valence-electron chi connectivity index (χ4n) is 0.758. The van der Waals surface area contributed by atoms with Crippen LogP contribution < -0.4 is 0 Å². The van der Waals surface area contributed by atoms with E-state index in [1.165, 1.54) is 20.8 Å². The molecule has 0 spiro atoms. The van der Waals surface area contributed by atoms with E-state index in [1.54, 1.807) is 0 Å². The molecular formula is C8H15FO. The number of Topliss-reactive ketones (excluding diaryl/α,β-unsaturated/α-hetero) is 1. The lowest BCUT2D eigenvalue weighted by atomic mass is 10.0. The summed E-state index contributed by atoms with van der Waals surface area (Å²) >= 11 is 0. The van der Waals surface area contributed by atoms with Crippen molar-refractivity contribution in [3.05, 3.63) is 0 Å². The van der Waals surface area contributed by atoms with E-state index in [0.29, 0.717) is 19.3 Å². The van der Waals surface area contributed by atoms with E-state index >= 15 is 0 Å². The van der Waals surface area contributed by atoms with Crippen LogP contribution >= 0.6 is 0 Å². The zero-order valence-electron chi connectivity index (χ0n) is 6.91. The monoisotopic (exact) mass is 146 g/mol. The molecule has 0 aromatic heterocycles. The molecule has 0 unspecified atom stereocenters. The predicted octanol–water partition coefficient (Wildman–Crippen LogP) is 2.49. The summed E-state index contributed by atoms with van der Waals surface area (Å²) in [6.45, 7) is 4.60. The smallest absolute Gasteiger partial charge is 0.129 e. The molecular weight excluding hydrogens is 131 g/mol. The van der Waals surface area contributed by atoms with E-state index in [0.717, 1.165) is 0 Å². The molecule has 1 nitrogen and oxygen atoms in total. The Kier molecular flexibility index (Phi) is 3.54. The standard InChI is InChI=1S/C8H15FO/c1-7(10)5-4-6-8(2,3)9/h4-6H2,1-3H3. The molecule has 0 heterocycles. The van der Waals surface area contributed by atoms with Crippen LogP contribution in [0.3, 0.4) is 0 Å².